The zero-order valence-corrected chi connectivity index (χ0v) is 17.6. The van der Waals surface area contributed by atoms with E-state index in [1.54, 1.807) is 0 Å². The van der Waals surface area contributed by atoms with Crippen molar-refractivity contribution >= 4 is 34.4 Å². The third-order valence-corrected chi connectivity index (χ3v) is 5.42. The number of carbonyl (C=O) groups excluding carboxylic acids is 1. The van der Waals surface area contributed by atoms with Crippen molar-refractivity contribution in [2.24, 2.45) is 0 Å². The van der Waals surface area contributed by atoms with Crippen LogP contribution in [0.1, 0.15) is 17.5 Å². The van der Waals surface area contributed by atoms with E-state index in [4.69, 9.17) is 21.5 Å². The van der Waals surface area contributed by atoms with Gasteiger partial charge in [0.25, 0.3) is 0 Å². The molecule has 1 amide bonds. The van der Waals surface area contributed by atoms with Gasteiger partial charge in [-0.1, -0.05) is 48.0 Å². The van der Waals surface area contributed by atoms with Gasteiger partial charge in [0.2, 0.25) is 5.91 Å². The molecule has 0 spiro atoms. The molecule has 10 heteroatoms. The van der Waals surface area contributed by atoms with Crippen LogP contribution in [0.25, 0.3) is 10.9 Å². The first-order chi connectivity index (χ1) is 15.1. The summed E-state index contributed by atoms with van der Waals surface area (Å²) in [4.78, 5) is 24.9. The van der Waals surface area contributed by atoms with Crippen molar-refractivity contribution in [2.75, 3.05) is 13.1 Å². The summed E-state index contributed by atoms with van der Waals surface area (Å²) in [5.74, 6) is -2.73. The van der Waals surface area contributed by atoms with E-state index >= 15 is 0 Å². The molecule has 0 aliphatic carbocycles. The lowest BCUT2D eigenvalue weighted by atomic mass is 9.88. The number of nitrogens with one attached hydrogen (secondary N) is 3. The maximum atomic E-state index is 12.8. The van der Waals surface area contributed by atoms with Gasteiger partial charge >= 0.3 is 12.1 Å². The van der Waals surface area contributed by atoms with E-state index in [2.05, 4.69) is 27.8 Å². The minimum absolute atomic E-state index is 0.0309. The van der Waals surface area contributed by atoms with Crippen molar-refractivity contribution < 1.29 is 27.9 Å². The van der Waals surface area contributed by atoms with Gasteiger partial charge in [-0.15, -0.1) is 0 Å². The Labute approximate surface area is 186 Å². The van der Waals surface area contributed by atoms with E-state index in [9.17, 15) is 18.0 Å². The second kappa shape index (κ2) is 9.62. The molecule has 2 heterocycles. The first kappa shape index (κ1) is 23.6. The summed E-state index contributed by atoms with van der Waals surface area (Å²) in [5, 5.41) is 15.5. The van der Waals surface area contributed by atoms with Crippen LogP contribution in [0.4, 0.5) is 13.2 Å². The summed E-state index contributed by atoms with van der Waals surface area (Å²) in [5.41, 5.74) is 2.77. The molecule has 0 bridgehead atoms. The minimum atomic E-state index is -5.08. The zero-order valence-electron chi connectivity index (χ0n) is 16.8. The lowest BCUT2D eigenvalue weighted by Gasteiger charge is -2.30. The topological polar surface area (TPSA) is 94.2 Å². The summed E-state index contributed by atoms with van der Waals surface area (Å²) in [6, 6.07) is 15.9. The van der Waals surface area contributed by atoms with Gasteiger partial charge in [0.1, 0.15) is 0 Å². The van der Waals surface area contributed by atoms with E-state index in [0.29, 0.717) is 11.4 Å². The van der Waals surface area contributed by atoms with Gasteiger partial charge in [0, 0.05) is 28.7 Å². The number of carboxylic acids is 1. The zero-order chi connectivity index (χ0) is 23.4. The quantitative estimate of drug-likeness (QED) is 0.466. The van der Waals surface area contributed by atoms with E-state index < -0.39 is 12.1 Å². The second-order valence-corrected chi connectivity index (χ2v) is 7.84. The Morgan fingerprint density at radius 2 is 1.84 bits per heavy atom. The van der Waals surface area contributed by atoms with E-state index in [1.807, 2.05) is 42.6 Å². The van der Waals surface area contributed by atoms with Gasteiger partial charge in [-0.25, -0.2) is 4.79 Å². The molecule has 1 saturated heterocycles. The average molecular weight is 468 g/mol. The molecule has 4 rings (SSSR count). The van der Waals surface area contributed by atoms with Crippen LogP contribution in [-0.4, -0.2) is 41.2 Å². The van der Waals surface area contributed by atoms with Crippen LogP contribution >= 0.6 is 11.6 Å². The highest BCUT2D eigenvalue weighted by atomic mass is 35.5. The number of hydrogen-bond acceptors (Lipinski definition) is 3. The molecule has 170 valence electrons. The molecule has 1 atom stereocenters. The molecule has 6 nitrogen and oxygen atoms in total. The van der Waals surface area contributed by atoms with Crippen molar-refractivity contribution in [2.45, 2.75) is 24.6 Å². The van der Waals surface area contributed by atoms with E-state index in [1.165, 1.54) is 0 Å². The highest BCUT2D eigenvalue weighted by Gasteiger charge is 2.38. The second-order valence-electron chi connectivity index (χ2n) is 7.41. The SMILES string of the molecule is O=C(Cc1c[nH]c2cc(Cl)ccc12)NC1(c2ccccc2)CCNC1.O=C(O)C(F)(F)F. The number of aromatic amines is 1. The van der Waals surface area contributed by atoms with Gasteiger partial charge < -0.3 is 20.7 Å². The lowest BCUT2D eigenvalue weighted by molar-refractivity contribution is -0.192. The smallest absolute Gasteiger partial charge is 0.475 e. The van der Waals surface area contributed by atoms with Crippen LogP contribution in [0.15, 0.2) is 54.7 Å². The molecular weight excluding hydrogens is 447 g/mol. The number of halogens is 4. The number of aromatic nitrogens is 1. The van der Waals surface area contributed by atoms with Crippen LogP contribution in [0.3, 0.4) is 0 Å². The molecule has 32 heavy (non-hydrogen) atoms. The Hall–Kier alpha value is -3.04. The number of benzene rings is 2. The molecule has 0 saturated carbocycles. The maximum Gasteiger partial charge on any atom is 0.490 e. The standard InChI is InChI=1S/C20H20ClN3O.C2HF3O2/c21-16-6-7-17-14(12-23-18(17)11-16)10-19(25)24-20(8-9-22-13-20)15-4-2-1-3-5-15;3-2(4,5)1(6)7/h1-7,11-12,22-23H,8-10,13H2,(H,24,25);(H,6,7). The van der Waals surface area contributed by atoms with E-state index in [0.717, 1.165) is 41.5 Å². The minimum Gasteiger partial charge on any atom is -0.475 e. The fourth-order valence-electron chi connectivity index (χ4n) is 3.66. The van der Waals surface area contributed by atoms with Crippen LogP contribution in [0.5, 0.6) is 0 Å². The normalized spacial score (nSPS) is 18.1. The number of carboxylic acid groups (broad SMARTS) is 1. The van der Waals surface area contributed by atoms with Crippen molar-refractivity contribution in [3.8, 4) is 0 Å². The lowest BCUT2D eigenvalue weighted by Crippen LogP contribution is -2.48. The first-order valence-corrected chi connectivity index (χ1v) is 10.1. The van der Waals surface area contributed by atoms with E-state index in [-0.39, 0.29) is 11.4 Å². The fraction of sp³-hybridized carbons (Fsp3) is 0.273. The molecule has 1 unspecified atom stereocenters. The summed E-state index contributed by atoms with van der Waals surface area (Å²) >= 11 is 6.03. The maximum absolute atomic E-state index is 12.8. The summed E-state index contributed by atoms with van der Waals surface area (Å²) in [6.45, 7) is 1.66. The molecular formula is C22H21ClF3N3O3. The monoisotopic (exact) mass is 467 g/mol. The average Bonchev–Trinajstić information content (AvgIpc) is 3.36. The highest BCUT2D eigenvalue weighted by Crippen LogP contribution is 2.28. The molecule has 1 fully saturated rings. The third-order valence-electron chi connectivity index (χ3n) is 5.18. The number of fused-ring (bicyclic) bond motifs is 1. The molecule has 0 radical (unpaired) electrons. The molecule has 1 aliphatic heterocycles. The van der Waals surface area contributed by atoms with Gasteiger partial charge in [0.15, 0.2) is 0 Å². The predicted molar refractivity (Wildman–Crippen MR) is 114 cm³/mol. The third kappa shape index (κ3) is 5.60. The Bertz CT molecular complexity index is 1090. The number of alkyl halides is 3. The van der Waals surface area contributed by atoms with Crippen molar-refractivity contribution in [1.82, 2.24) is 15.6 Å². The van der Waals surface area contributed by atoms with Crippen molar-refractivity contribution in [3.05, 3.63) is 70.9 Å². The summed E-state index contributed by atoms with van der Waals surface area (Å²) in [6.07, 6.45) is -1.95. The largest absolute Gasteiger partial charge is 0.490 e. The molecule has 2 aromatic carbocycles. The number of hydrogen-bond donors (Lipinski definition) is 4. The van der Waals surface area contributed by atoms with Gasteiger partial charge in [-0.2, -0.15) is 13.2 Å². The number of carbonyl (C=O) groups is 2. The van der Waals surface area contributed by atoms with Crippen molar-refractivity contribution in [3.63, 3.8) is 0 Å². The number of amides is 1. The number of rotatable bonds is 4. The first-order valence-electron chi connectivity index (χ1n) is 9.74. The van der Waals surface area contributed by atoms with Crippen LogP contribution < -0.4 is 10.6 Å². The van der Waals surface area contributed by atoms with Crippen molar-refractivity contribution in [1.29, 1.82) is 0 Å². The predicted octanol–water partition coefficient (Wildman–Crippen LogP) is 4.00. The van der Waals surface area contributed by atoms with Gasteiger partial charge in [-0.3, -0.25) is 4.79 Å². The molecule has 1 aliphatic rings. The van der Waals surface area contributed by atoms with Crippen LogP contribution in [0, 0.1) is 0 Å². The Morgan fingerprint density at radius 3 is 2.44 bits per heavy atom. The number of H-pyrrole nitrogens is 1. The summed E-state index contributed by atoms with van der Waals surface area (Å²) in [7, 11) is 0. The fourth-order valence-corrected chi connectivity index (χ4v) is 3.84. The van der Waals surface area contributed by atoms with Gasteiger partial charge in [0.05, 0.1) is 12.0 Å². The highest BCUT2D eigenvalue weighted by molar-refractivity contribution is 6.31. The Kier molecular flexibility index (Phi) is 7.10. The molecule has 3 aromatic rings. The van der Waals surface area contributed by atoms with Crippen LogP contribution in [-0.2, 0) is 21.5 Å². The Balaban J connectivity index is 0.000000360. The number of aliphatic carboxylic acids is 1. The molecule has 4 N–H and O–H groups in total. The Morgan fingerprint density at radius 1 is 1.16 bits per heavy atom. The van der Waals surface area contributed by atoms with Gasteiger partial charge in [-0.05, 0) is 36.2 Å². The molecule has 1 aromatic heterocycles. The summed E-state index contributed by atoms with van der Waals surface area (Å²) < 4.78 is 31.7. The van der Waals surface area contributed by atoms with Crippen LogP contribution in [0.2, 0.25) is 5.02 Å².